The number of amides is 4. The van der Waals surface area contributed by atoms with Crippen molar-refractivity contribution in [3.63, 3.8) is 0 Å². The number of nitrogens with one attached hydrogen (secondary N) is 3. The number of nitrogens with zero attached hydrogens (tertiary/aromatic N) is 2. The van der Waals surface area contributed by atoms with Gasteiger partial charge in [0.2, 0.25) is 0 Å². The quantitative estimate of drug-likeness (QED) is 0.591. The van der Waals surface area contributed by atoms with Crippen LogP contribution in [-0.2, 0) is 11.2 Å². The van der Waals surface area contributed by atoms with Crippen molar-refractivity contribution in [1.82, 2.24) is 25.9 Å². The predicted octanol–water partition coefficient (Wildman–Crippen LogP) is 2.88. The number of benzene rings is 1. The maximum Gasteiger partial charge on any atom is 0.344 e. The lowest BCUT2D eigenvalue weighted by atomic mass is 9.93. The molecule has 4 amide bonds. The van der Waals surface area contributed by atoms with Crippen molar-refractivity contribution >= 4 is 33.8 Å². The topological polar surface area (TPSA) is 107 Å². The molecular formula is C19H22BrN5O3. The molecule has 1 aliphatic heterocycles. The number of carbonyl (C=O) groups is 3. The Morgan fingerprint density at radius 2 is 1.96 bits per heavy atom. The van der Waals surface area contributed by atoms with Gasteiger partial charge in [0, 0.05) is 0 Å². The maximum absolute atomic E-state index is 12.8. The molecule has 0 bridgehead atoms. The Labute approximate surface area is 171 Å². The number of rotatable bonds is 6. The van der Waals surface area contributed by atoms with E-state index in [-0.39, 0.29) is 11.6 Å². The van der Waals surface area contributed by atoms with Gasteiger partial charge in [-0.25, -0.2) is 4.79 Å². The van der Waals surface area contributed by atoms with Gasteiger partial charge in [0.15, 0.2) is 5.69 Å². The molecule has 1 fully saturated rings. The summed E-state index contributed by atoms with van der Waals surface area (Å²) >= 11 is 3.35. The summed E-state index contributed by atoms with van der Waals surface area (Å²) < 4.78 is 0.513. The Balaban J connectivity index is 1.70. The van der Waals surface area contributed by atoms with Gasteiger partial charge >= 0.3 is 6.03 Å². The first-order valence-corrected chi connectivity index (χ1v) is 9.77. The molecule has 1 atom stereocenters. The minimum absolute atomic E-state index is 0.0854. The number of urea groups is 1. The molecule has 2 aromatic rings. The number of carbonyl (C=O) groups excluding carboxylic acids is 3. The zero-order valence-electron chi connectivity index (χ0n) is 15.9. The first-order valence-electron chi connectivity index (χ1n) is 8.98. The molecule has 0 aliphatic carbocycles. The van der Waals surface area contributed by atoms with Gasteiger partial charge < -0.3 is 5.32 Å². The van der Waals surface area contributed by atoms with E-state index in [2.05, 4.69) is 36.9 Å². The van der Waals surface area contributed by atoms with Gasteiger partial charge in [0.05, 0.1) is 10.2 Å². The van der Waals surface area contributed by atoms with E-state index in [0.29, 0.717) is 17.3 Å². The van der Waals surface area contributed by atoms with Crippen LogP contribution in [0.4, 0.5) is 4.79 Å². The fraction of sp³-hybridized carbons (Fsp3) is 0.368. The number of aromatic amines is 1. The molecule has 9 heteroatoms. The Morgan fingerprint density at radius 3 is 2.57 bits per heavy atom. The number of H-pyrrole nitrogens is 1. The molecule has 3 rings (SSSR count). The summed E-state index contributed by atoms with van der Waals surface area (Å²) in [5.41, 5.74) is 3.18. The SMILES string of the molecule is CC(C)c1[nH]nc(C(=O)NN2C(=O)NC(C)(CCc3ccccc3)C2=O)c1Br. The molecule has 28 heavy (non-hydrogen) atoms. The molecule has 1 saturated heterocycles. The minimum Gasteiger partial charge on any atom is -0.322 e. The van der Waals surface area contributed by atoms with Crippen molar-refractivity contribution in [3.05, 3.63) is 51.8 Å². The normalized spacial score (nSPS) is 19.2. The third-order valence-electron chi connectivity index (χ3n) is 4.76. The third kappa shape index (κ3) is 3.80. The van der Waals surface area contributed by atoms with E-state index < -0.39 is 23.4 Å². The Bertz CT molecular complexity index is 912. The van der Waals surface area contributed by atoms with E-state index in [9.17, 15) is 14.4 Å². The molecule has 148 valence electrons. The van der Waals surface area contributed by atoms with E-state index in [4.69, 9.17) is 0 Å². The molecule has 0 spiro atoms. The zero-order chi connectivity index (χ0) is 20.5. The molecular weight excluding hydrogens is 426 g/mol. The largest absolute Gasteiger partial charge is 0.344 e. The van der Waals surface area contributed by atoms with Crippen LogP contribution < -0.4 is 10.7 Å². The Hall–Kier alpha value is -2.68. The lowest BCUT2D eigenvalue weighted by Crippen LogP contribution is -2.49. The highest BCUT2D eigenvalue weighted by Gasteiger charge is 2.48. The average molecular weight is 448 g/mol. The van der Waals surface area contributed by atoms with Crippen LogP contribution in [0.1, 0.15) is 54.9 Å². The molecule has 1 aromatic carbocycles. The van der Waals surface area contributed by atoms with Gasteiger partial charge in [-0.1, -0.05) is 44.2 Å². The Morgan fingerprint density at radius 1 is 1.29 bits per heavy atom. The fourth-order valence-electron chi connectivity index (χ4n) is 3.02. The van der Waals surface area contributed by atoms with Crippen LogP contribution in [0.25, 0.3) is 0 Å². The number of aromatic nitrogens is 2. The molecule has 0 saturated carbocycles. The van der Waals surface area contributed by atoms with Crippen LogP contribution in [0.3, 0.4) is 0 Å². The Kier molecular flexibility index (Phi) is 5.55. The molecule has 0 radical (unpaired) electrons. The van der Waals surface area contributed by atoms with E-state index in [1.807, 2.05) is 44.2 Å². The maximum atomic E-state index is 12.8. The summed E-state index contributed by atoms with van der Waals surface area (Å²) in [5, 5.41) is 10.2. The van der Waals surface area contributed by atoms with Crippen molar-refractivity contribution in [2.75, 3.05) is 0 Å². The van der Waals surface area contributed by atoms with Gasteiger partial charge in [0.1, 0.15) is 5.54 Å². The number of hydrogen-bond donors (Lipinski definition) is 3. The summed E-state index contributed by atoms with van der Waals surface area (Å²) in [6, 6.07) is 9.03. The third-order valence-corrected chi connectivity index (χ3v) is 5.56. The summed E-state index contributed by atoms with van der Waals surface area (Å²) in [7, 11) is 0. The standard InChI is InChI=1S/C19H22BrN5O3/c1-11(2)14-13(20)15(23-22-14)16(26)24-25-17(27)19(3,21-18(25)28)10-9-12-7-5-4-6-8-12/h4-8,11H,9-10H2,1-3H3,(H,21,28)(H,22,23)(H,24,26). The van der Waals surface area contributed by atoms with Crippen molar-refractivity contribution in [2.24, 2.45) is 0 Å². The first kappa shape index (κ1) is 20.1. The second-order valence-electron chi connectivity index (χ2n) is 7.28. The van der Waals surface area contributed by atoms with E-state index in [1.54, 1.807) is 6.92 Å². The minimum atomic E-state index is -1.09. The van der Waals surface area contributed by atoms with Gasteiger partial charge in [-0.3, -0.25) is 20.1 Å². The molecule has 8 nitrogen and oxygen atoms in total. The highest BCUT2D eigenvalue weighted by Crippen LogP contribution is 2.26. The number of halogens is 1. The van der Waals surface area contributed by atoms with Crippen molar-refractivity contribution in [1.29, 1.82) is 0 Å². The predicted molar refractivity (Wildman–Crippen MR) is 106 cm³/mol. The van der Waals surface area contributed by atoms with Crippen molar-refractivity contribution in [3.8, 4) is 0 Å². The van der Waals surface area contributed by atoms with E-state index in [0.717, 1.165) is 16.3 Å². The molecule has 1 aliphatic rings. The van der Waals surface area contributed by atoms with Crippen molar-refractivity contribution < 1.29 is 14.4 Å². The number of hydrogen-bond acceptors (Lipinski definition) is 4. The van der Waals surface area contributed by atoms with Crippen molar-refractivity contribution in [2.45, 2.75) is 45.1 Å². The van der Waals surface area contributed by atoms with Gasteiger partial charge in [-0.2, -0.15) is 10.1 Å². The highest BCUT2D eigenvalue weighted by atomic mass is 79.9. The average Bonchev–Trinajstić information content (AvgIpc) is 3.14. The van der Waals surface area contributed by atoms with Crippen LogP contribution in [0, 0.1) is 0 Å². The number of aryl methyl sites for hydroxylation is 1. The van der Waals surface area contributed by atoms with Crippen LogP contribution in [-0.4, -0.2) is 38.6 Å². The highest BCUT2D eigenvalue weighted by molar-refractivity contribution is 9.10. The lowest BCUT2D eigenvalue weighted by Gasteiger charge is -2.21. The first-order chi connectivity index (χ1) is 13.2. The molecule has 3 N–H and O–H groups in total. The second kappa shape index (κ2) is 7.75. The zero-order valence-corrected chi connectivity index (χ0v) is 17.5. The monoisotopic (exact) mass is 447 g/mol. The number of imide groups is 1. The molecule has 2 heterocycles. The van der Waals surface area contributed by atoms with E-state index in [1.165, 1.54) is 0 Å². The summed E-state index contributed by atoms with van der Waals surface area (Å²) in [5.74, 6) is -1.02. The van der Waals surface area contributed by atoms with E-state index >= 15 is 0 Å². The number of hydrazine groups is 1. The molecule has 1 aromatic heterocycles. The van der Waals surface area contributed by atoms with Crippen LogP contribution in [0.2, 0.25) is 0 Å². The smallest absolute Gasteiger partial charge is 0.322 e. The van der Waals surface area contributed by atoms with Gasteiger partial charge in [-0.15, -0.1) is 0 Å². The van der Waals surface area contributed by atoms with Gasteiger partial charge in [0.25, 0.3) is 11.8 Å². The molecule has 1 unspecified atom stereocenters. The van der Waals surface area contributed by atoms with Crippen LogP contribution in [0.5, 0.6) is 0 Å². The second-order valence-corrected chi connectivity index (χ2v) is 8.08. The fourth-order valence-corrected chi connectivity index (χ4v) is 3.84. The lowest BCUT2D eigenvalue weighted by molar-refractivity contribution is -0.132. The van der Waals surface area contributed by atoms with Crippen LogP contribution in [0.15, 0.2) is 34.8 Å². The summed E-state index contributed by atoms with van der Waals surface area (Å²) in [6.07, 6.45) is 1.03. The van der Waals surface area contributed by atoms with Gasteiger partial charge in [-0.05, 0) is 47.2 Å². The summed E-state index contributed by atoms with van der Waals surface area (Å²) in [6.45, 7) is 5.56. The van der Waals surface area contributed by atoms with Crippen LogP contribution >= 0.6 is 15.9 Å². The summed E-state index contributed by atoms with van der Waals surface area (Å²) in [4.78, 5) is 37.7.